The van der Waals surface area contributed by atoms with E-state index < -0.39 is 24.1 Å². The van der Waals surface area contributed by atoms with Gasteiger partial charge in [0.2, 0.25) is 0 Å². The average Bonchev–Trinajstić information content (AvgIpc) is 2.15. The Hall–Kier alpha value is -1.01. The van der Waals surface area contributed by atoms with Crippen molar-refractivity contribution in [3.05, 3.63) is 24.3 Å². The van der Waals surface area contributed by atoms with Crippen molar-refractivity contribution in [2.24, 2.45) is 0 Å². The van der Waals surface area contributed by atoms with Crippen LogP contribution in [0.4, 0.5) is 8.78 Å². The molecular weight excluding hydrogens is 214 g/mol. The van der Waals surface area contributed by atoms with Crippen molar-refractivity contribution < 1.29 is 22.3 Å². The molecule has 1 atom stereocenters. The molecule has 0 amide bonds. The quantitative estimate of drug-likeness (QED) is 0.791. The Balaban J connectivity index is 2.60. The molecule has 1 N–H and O–H groups in total. The van der Waals surface area contributed by atoms with Gasteiger partial charge in [-0.2, -0.15) is 0 Å². The van der Waals surface area contributed by atoms with Gasteiger partial charge < -0.3 is 9.29 Å². The van der Waals surface area contributed by atoms with Crippen LogP contribution in [0.1, 0.15) is 0 Å². The molecule has 0 aromatic heterocycles. The van der Waals surface area contributed by atoms with Gasteiger partial charge in [-0.05, 0) is 24.3 Å². The Morgan fingerprint density at radius 1 is 1.36 bits per heavy atom. The summed E-state index contributed by atoms with van der Waals surface area (Å²) in [4.78, 5) is 0.203. The van der Waals surface area contributed by atoms with E-state index in [-0.39, 0.29) is 10.6 Å². The molecule has 0 radical (unpaired) electrons. The van der Waals surface area contributed by atoms with Crippen molar-refractivity contribution in [1.29, 1.82) is 0 Å². The molecule has 0 saturated heterocycles. The molecule has 0 spiro atoms. The minimum Gasteiger partial charge on any atom is -0.488 e. The normalized spacial score (nSPS) is 12.9. The highest BCUT2D eigenvalue weighted by molar-refractivity contribution is 7.79. The summed E-state index contributed by atoms with van der Waals surface area (Å²) >= 11 is -2.05. The van der Waals surface area contributed by atoms with E-state index in [0.29, 0.717) is 0 Å². The fraction of sp³-hybridized carbons (Fsp3) is 0.250. The van der Waals surface area contributed by atoms with Crippen LogP contribution in [0.5, 0.6) is 5.75 Å². The fourth-order valence-corrected chi connectivity index (χ4v) is 1.18. The predicted molar refractivity (Wildman–Crippen MR) is 47.0 cm³/mol. The second-order valence-corrected chi connectivity index (χ2v) is 3.39. The first kappa shape index (κ1) is 11.1. The number of rotatable bonds is 4. The first-order valence-corrected chi connectivity index (χ1v) is 4.82. The summed E-state index contributed by atoms with van der Waals surface area (Å²) in [6.07, 6.45) is -2.53. The Labute approximate surface area is 82.0 Å². The van der Waals surface area contributed by atoms with Crippen LogP contribution < -0.4 is 4.74 Å². The van der Waals surface area contributed by atoms with Gasteiger partial charge in [0.05, 0.1) is 4.90 Å². The first-order chi connectivity index (χ1) is 6.59. The number of ether oxygens (including phenoxy) is 1. The lowest BCUT2D eigenvalue weighted by Crippen LogP contribution is -2.06. The summed E-state index contributed by atoms with van der Waals surface area (Å²) in [5, 5.41) is 0. The maximum absolute atomic E-state index is 11.7. The third kappa shape index (κ3) is 3.39. The van der Waals surface area contributed by atoms with Gasteiger partial charge in [-0.1, -0.05) is 0 Å². The summed E-state index contributed by atoms with van der Waals surface area (Å²) in [6.45, 7) is -0.679. The molecule has 0 heterocycles. The molecule has 1 rings (SSSR count). The third-order valence-corrected chi connectivity index (χ3v) is 2.08. The van der Waals surface area contributed by atoms with Crippen LogP contribution in [0.25, 0.3) is 0 Å². The highest BCUT2D eigenvalue weighted by Crippen LogP contribution is 2.14. The highest BCUT2D eigenvalue weighted by atomic mass is 32.2. The molecular formula is C8H8F2O3S. The van der Waals surface area contributed by atoms with Crippen molar-refractivity contribution in [2.75, 3.05) is 6.61 Å². The number of halogens is 2. The van der Waals surface area contributed by atoms with Gasteiger partial charge in [0.1, 0.15) is 12.4 Å². The molecule has 0 aliphatic rings. The third-order valence-electron chi connectivity index (χ3n) is 1.40. The van der Waals surface area contributed by atoms with Crippen molar-refractivity contribution in [1.82, 2.24) is 0 Å². The first-order valence-electron chi connectivity index (χ1n) is 3.71. The largest absolute Gasteiger partial charge is 0.488 e. The fourth-order valence-electron chi connectivity index (χ4n) is 0.812. The summed E-state index contributed by atoms with van der Waals surface area (Å²) in [6, 6.07) is 5.42. The van der Waals surface area contributed by atoms with Gasteiger partial charge in [0, 0.05) is 0 Å². The van der Waals surface area contributed by atoms with Crippen molar-refractivity contribution >= 4 is 11.1 Å². The molecule has 3 nitrogen and oxygen atoms in total. The molecule has 0 fully saturated rings. The molecule has 0 bridgehead atoms. The lowest BCUT2D eigenvalue weighted by Gasteiger charge is -2.04. The average molecular weight is 222 g/mol. The Kier molecular flexibility index (Phi) is 3.97. The van der Waals surface area contributed by atoms with Crippen molar-refractivity contribution in [3.63, 3.8) is 0 Å². The number of hydrogen-bond donors (Lipinski definition) is 1. The molecule has 1 unspecified atom stereocenters. The van der Waals surface area contributed by atoms with E-state index in [0.717, 1.165) is 0 Å². The summed E-state index contributed by atoms with van der Waals surface area (Å²) in [7, 11) is 0. The van der Waals surface area contributed by atoms with Crippen LogP contribution in [0, 0.1) is 0 Å². The van der Waals surface area contributed by atoms with Crippen LogP contribution in [-0.4, -0.2) is 21.8 Å². The second kappa shape index (κ2) is 5.02. The van der Waals surface area contributed by atoms with Crippen molar-refractivity contribution in [2.45, 2.75) is 11.3 Å². The smallest absolute Gasteiger partial charge is 0.272 e. The standard InChI is InChI=1S/C8H8F2O3S/c9-8(10)5-13-6-1-3-7(4-2-6)14(11)12/h1-4,8H,5H2,(H,11,12). The van der Waals surface area contributed by atoms with Gasteiger partial charge in [0.25, 0.3) is 6.43 Å². The monoisotopic (exact) mass is 222 g/mol. The SMILES string of the molecule is O=S(O)c1ccc(OCC(F)F)cc1. The zero-order valence-electron chi connectivity index (χ0n) is 7.02. The van der Waals surface area contributed by atoms with E-state index in [1.165, 1.54) is 24.3 Å². The topological polar surface area (TPSA) is 46.5 Å². The minimum absolute atomic E-state index is 0.203. The van der Waals surface area contributed by atoms with Crippen LogP contribution in [0.3, 0.4) is 0 Å². The Morgan fingerprint density at radius 3 is 2.36 bits per heavy atom. The van der Waals surface area contributed by atoms with E-state index >= 15 is 0 Å². The zero-order chi connectivity index (χ0) is 10.6. The Bertz CT molecular complexity index is 313. The number of alkyl halides is 2. The van der Waals surface area contributed by atoms with E-state index in [2.05, 4.69) is 4.74 Å². The summed E-state index contributed by atoms with van der Waals surface area (Å²) < 4.78 is 47.3. The van der Waals surface area contributed by atoms with Crippen LogP contribution in [0.15, 0.2) is 29.2 Å². The lowest BCUT2D eigenvalue weighted by molar-refractivity contribution is 0.0819. The highest BCUT2D eigenvalue weighted by Gasteiger charge is 2.04. The maximum atomic E-state index is 11.7. The van der Waals surface area contributed by atoms with Crippen LogP contribution in [0.2, 0.25) is 0 Å². The van der Waals surface area contributed by atoms with Crippen LogP contribution in [-0.2, 0) is 11.1 Å². The molecule has 0 aliphatic carbocycles. The second-order valence-electron chi connectivity index (χ2n) is 2.42. The minimum atomic E-state index is -2.53. The lowest BCUT2D eigenvalue weighted by atomic mass is 10.3. The van der Waals surface area contributed by atoms with Gasteiger partial charge in [0.15, 0.2) is 11.1 Å². The van der Waals surface area contributed by atoms with E-state index in [9.17, 15) is 13.0 Å². The van der Waals surface area contributed by atoms with E-state index in [4.69, 9.17) is 4.55 Å². The van der Waals surface area contributed by atoms with Gasteiger partial charge in [-0.3, -0.25) is 0 Å². The molecule has 1 aromatic rings. The number of benzene rings is 1. The van der Waals surface area contributed by atoms with Gasteiger partial charge in [-0.25, -0.2) is 13.0 Å². The molecule has 0 aliphatic heterocycles. The van der Waals surface area contributed by atoms with E-state index in [1.54, 1.807) is 0 Å². The van der Waals surface area contributed by atoms with Crippen molar-refractivity contribution in [3.8, 4) is 5.75 Å². The van der Waals surface area contributed by atoms with Crippen LogP contribution >= 0.6 is 0 Å². The van der Waals surface area contributed by atoms with Gasteiger partial charge in [-0.15, -0.1) is 0 Å². The summed E-state index contributed by atoms with van der Waals surface area (Å²) in [5.41, 5.74) is 0. The Morgan fingerprint density at radius 2 is 1.93 bits per heavy atom. The molecule has 0 saturated carbocycles. The summed E-state index contributed by atoms with van der Waals surface area (Å²) in [5.74, 6) is 0.250. The zero-order valence-corrected chi connectivity index (χ0v) is 7.84. The number of hydrogen-bond acceptors (Lipinski definition) is 2. The maximum Gasteiger partial charge on any atom is 0.272 e. The molecule has 1 aromatic carbocycles. The van der Waals surface area contributed by atoms with E-state index in [1.807, 2.05) is 0 Å². The molecule has 78 valence electrons. The molecule has 6 heteroatoms. The van der Waals surface area contributed by atoms with Gasteiger partial charge >= 0.3 is 0 Å². The molecule has 14 heavy (non-hydrogen) atoms. The predicted octanol–water partition coefficient (Wildman–Crippen LogP) is 1.91.